The van der Waals surface area contributed by atoms with E-state index in [9.17, 15) is 4.79 Å². The van der Waals surface area contributed by atoms with Crippen LogP contribution in [0.25, 0.3) is 0 Å². The van der Waals surface area contributed by atoms with Crippen LogP contribution in [0, 0.1) is 0 Å². The van der Waals surface area contributed by atoms with Gasteiger partial charge < -0.3 is 20.3 Å². The van der Waals surface area contributed by atoms with Crippen molar-refractivity contribution in [1.82, 2.24) is 5.32 Å². The molecule has 0 spiro atoms. The Bertz CT molecular complexity index is 882. The van der Waals surface area contributed by atoms with Crippen LogP contribution < -0.4 is 20.3 Å². The molecule has 2 aliphatic rings. The number of nitrogens with zero attached hydrogens (tertiary/aromatic N) is 1. The number of anilines is 2. The molecule has 2 aromatic rings. The Kier molecular flexibility index (Phi) is 5.48. The number of nitrogens with one attached hydrogen (secondary N) is 2. The second-order valence-corrected chi connectivity index (χ2v) is 7.71. The highest BCUT2D eigenvalue weighted by atomic mass is 32.1. The zero-order valence-corrected chi connectivity index (χ0v) is 16.8. The number of ether oxygens (including phenoxy) is 1. The number of hydrogen-bond acceptors (Lipinski definition) is 3. The van der Waals surface area contributed by atoms with Crippen LogP contribution in [0.15, 0.2) is 42.5 Å². The third-order valence-electron chi connectivity index (χ3n) is 5.48. The normalized spacial score (nSPS) is 18.5. The molecule has 1 atom stereocenters. The summed E-state index contributed by atoms with van der Waals surface area (Å²) in [5, 5.41) is 7.33. The van der Waals surface area contributed by atoms with E-state index >= 15 is 0 Å². The first kappa shape index (κ1) is 18.7. The number of methoxy groups -OCH3 is 1. The molecule has 0 saturated carbocycles. The highest BCUT2D eigenvalue weighted by Crippen LogP contribution is 2.32. The van der Waals surface area contributed by atoms with Gasteiger partial charge in [0, 0.05) is 24.3 Å². The van der Waals surface area contributed by atoms with Crippen LogP contribution in [0.5, 0.6) is 5.75 Å². The van der Waals surface area contributed by atoms with Gasteiger partial charge in [0.25, 0.3) is 0 Å². The Morgan fingerprint density at radius 1 is 1.14 bits per heavy atom. The molecule has 4 rings (SSSR count). The van der Waals surface area contributed by atoms with Crippen molar-refractivity contribution in [2.75, 3.05) is 23.9 Å². The summed E-state index contributed by atoms with van der Waals surface area (Å²) in [6.07, 6.45) is 4.82. The van der Waals surface area contributed by atoms with Crippen molar-refractivity contribution in [1.29, 1.82) is 0 Å². The molecular formula is C22H25N3O2S. The zero-order valence-electron chi connectivity index (χ0n) is 16.0. The van der Waals surface area contributed by atoms with E-state index in [1.54, 1.807) is 7.11 Å². The van der Waals surface area contributed by atoms with Gasteiger partial charge >= 0.3 is 0 Å². The molecule has 2 N–H and O–H groups in total. The standard InChI is InChI=1S/C22H25N3O2S/c1-27-18-11-12-19-15(14-18)4-2-5-20(19)24-22(28)23-16-7-9-17(10-8-16)25-13-3-6-21(25)26/h7-12,14,20H,2-6,13H2,1H3,(H2,23,24,28). The van der Waals surface area contributed by atoms with Gasteiger partial charge in [0.15, 0.2) is 5.11 Å². The average Bonchev–Trinajstić information content (AvgIpc) is 3.14. The van der Waals surface area contributed by atoms with Gasteiger partial charge in [-0.05, 0) is 85.4 Å². The minimum absolute atomic E-state index is 0.200. The number of carbonyl (C=O) groups excluding carboxylic acids is 1. The Morgan fingerprint density at radius 2 is 1.96 bits per heavy atom. The number of rotatable bonds is 4. The molecule has 1 amide bonds. The fraction of sp³-hybridized carbons (Fsp3) is 0.364. The molecule has 1 fully saturated rings. The maximum absolute atomic E-state index is 11.9. The van der Waals surface area contributed by atoms with Crippen LogP contribution in [0.2, 0.25) is 0 Å². The molecule has 1 saturated heterocycles. The third kappa shape index (κ3) is 3.97. The number of carbonyl (C=O) groups is 1. The molecule has 2 aromatic carbocycles. The van der Waals surface area contributed by atoms with E-state index in [0.717, 1.165) is 49.4 Å². The summed E-state index contributed by atoms with van der Waals surface area (Å²) in [6.45, 7) is 0.803. The lowest BCUT2D eigenvalue weighted by molar-refractivity contribution is -0.117. The van der Waals surface area contributed by atoms with E-state index in [2.05, 4.69) is 22.8 Å². The Morgan fingerprint density at radius 3 is 2.68 bits per heavy atom. The lowest BCUT2D eigenvalue weighted by Crippen LogP contribution is -2.34. The van der Waals surface area contributed by atoms with Gasteiger partial charge in [0.2, 0.25) is 5.91 Å². The van der Waals surface area contributed by atoms with Crippen molar-refractivity contribution in [3.8, 4) is 5.75 Å². The van der Waals surface area contributed by atoms with Crippen LogP contribution in [0.3, 0.4) is 0 Å². The predicted molar refractivity (Wildman–Crippen MR) is 116 cm³/mol. The monoisotopic (exact) mass is 395 g/mol. The summed E-state index contributed by atoms with van der Waals surface area (Å²) in [4.78, 5) is 13.7. The van der Waals surface area contributed by atoms with Gasteiger partial charge in [-0.25, -0.2) is 0 Å². The second-order valence-electron chi connectivity index (χ2n) is 7.30. The molecule has 1 aliphatic heterocycles. The molecule has 1 unspecified atom stereocenters. The summed E-state index contributed by atoms with van der Waals surface area (Å²) in [6, 6.07) is 14.3. The van der Waals surface area contributed by atoms with Crippen LogP contribution >= 0.6 is 12.2 Å². The molecular weight excluding hydrogens is 370 g/mol. The summed E-state index contributed by atoms with van der Waals surface area (Å²) < 4.78 is 5.35. The van der Waals surface area contributed by atoms with Crippen molar-refractivity contribution < 1.29 is 9.53 Å². The SMILES string of the molecule is COc1ccc2c(c1)CCCC2NC(=S)Nc1ccc(N2CCCC2=O)cc1. The van der Waals surface area contributed by atoms with E-state index in [1.165, 1.54) is 11.1 Å². The average molecular weight is 396 g/mol. The molecule has 28 heavy (non-hydrogen) atoms. The van der Waals surface area contributed by atoms with Crippen LogP contribution in [0.4, 0.5) is 11.4 Å². The molecule has 0 aromatic heterocycles. The van der Waals surface area contributed by atoms with Gasteiger partial charge in [0.05, 0.1) is 13.2 Å². The molecule has 1 heterocycles. The summed E-state index contributed by atoms with van der Waals surface area (Å²) in [5.41, 5.74) is 4.48. The minimum Gasteiger partial charge on any atom is -0.497 e. The maximum atomic E-state index is 11.9. The van der Waals surface area contributed by atoms with Gasteiger partial charge in [0.1, 0.15) is 5.75 Å². The summed E-state index contributed by atoms with van der Waals surface area (Å²) in [5.74, 6) is 1.10. The fourth-order valence-corrected chi connectivity index (χ4v) is 4.30. The number of hydrogen-bond donors (Lipinski definition) is 2. The molecule has 0 radical (unpaired) electrons. The quantitative estimate of drug-likeness (QED) is 0.761. The zero-order chi connectivity index (χ0) is 19.5. The van der Waals surface area contributed by atoms with E-state index in [4.69, 9.17) is 17.0 Å². The van der Waals surface area contributed by atoms with Gasteiger partial charge in [-0.15, -0.1) is 0 Å². The number of aryl methyl sites for hydroxylation is 1. The van der Waals surface area contributed by atoms with Crippen molar-refractivity contribution in [3.05, 3.63) is 53.6 Å². The van der Waals surface area contributed by atoms with Crippen LogP contribution in [-0.4, -0.2) is 24.7 Å². The molecule has 6 heteroatoms. The van der Waals surface area contributed by atoms with Gasteiger partial charge in [-0.3, -0.25) is 4.79 Å². The molecule has 1 aliphatic carbocycles. The Balaban J connectivity index is 1.39. The fourth-order valence-electron chi connectivity index (χ4n) is 4.04. The van der Waals surface area contributed by atoms with E-state index < -0.39 is 0 Å². The number of thiocarbonyl (C=S) groups is 1. The first-order valence-corrected chi connectivity index (χ1v) is 10.2. The lowest BCUT2D eigenvalue weighted by Gasteiger charge is -2.28. The molecule has 5 nitrogen and oxygen atoms in total. The largest absolute Gasteiger partial charge is 0.497 e. The van der Waals surface area contributed by atoms with Crippen molar-refractivity contribution >= 4 is 34.6 Å². The minimum atomic E-state index is 0.200. The number of benzene rings is 2. The van der Waals surface area contributed by atoms with Crippen molar-refractivity contribution in [2.24, 2.45) is 0 Å². The second kappa shape index (κ2) is 8.19. The molecule has 146 valence electrons. The Labute approximate surface area is 171 Å². The summed E-state index contributed by atoms with van der Waals surface area (Å²) in [7, 11) is 1.70. The topological polar surface area (TPSA) is 53.6 Å². The maximum Gasteiger partial charge on any atom is 0.227 e. The third-order valence-corrected chi connectivity index (χ3v) is 5.70. The predicted octanol–water partition coefficient (Wildman–Crippen LogP) is 4.19. The van der Waals surface area contributed by atoms with Crippen LogP contribution in [-0.2, 0) is 11.2 Å². The highest BCUT2D eigenvalue weighted by molar-refractivity contribution is 7.80. The number of amides is 1. The Hall–Kier alpha value is -2.60. The van der Waals surface area contributed by atoms with E-state index in [1.807, 2.05) is 35.2 Å². The van der Waals surface area contributed by atoms with Crippen molar-refractivity contribution in [3.63, 3.8) is 0 Å². The van der Waals surface area contributed by atoms with E-state index in [0.29, 0.717) is 11.5 Å². The highest BCUT2D eigenvalue weighted by Gasteiger charge is 2.22. The lowest BCUT2D eigenvalue weighted by atomic mass is 9.87. The van der Waals surface area contributed by atoms with Crippen molar-refractivity contribution in [2.45, 2.75) is 38.1 Å². The molecule has 0 bridgehead atoms. The number of fused-ring (bicyclic) bond motifs is 1. The smallest absolute Gasteiger partial charge is 0.227 e. The van der Waals surface area contributed by atoms with Gasteiger partial charge in [-0.2, -0.15) is 0 Å². The first-order valence-electron chi connectivity index (χ1n) is 9.79. The van der Waals surface area contributed by atoms with E-state index in [-0.39, 0.29) is 11.9 Å². The first-order chi connectivity index (χ1) is 13.6. The van der Waals surface area contributed by atoms with Crippen LogP contribution in [0.1, 0.15) is 42.9 Å². The van der Waals surface area contributed by atoms with Gasteiger partial charge in [-0.1, -0.05) is 6.07 Å². The summed E-state index contributed by atoms with van der Waals surface area (Å²) >= 11 is 5.54.